The highest BCUT2D eigenvalue weighted by atomic mass is 32.2. The molecule has 1 aromatic heterocycles. The molecule has 11 heteroatoms. The molecule has 1 fully saturated rings. The molecule has 1 atom stereocenters. The Kier molecular flexibility index (Phi) is 6.35. The van der Waals surface area contributed by atoms with Gasteiger partial charge < -0.3 is 10.6 Å². The van der Waals surface area contributed by atoms with Crippen molar-refractivity contribution >= 4 is 21.6 Å². The first kappa shape index (κ1) is 22.7. The average molecular weight is 454 g/mol. The quantitative estimate of drug-likeness (QED) is 0.636. The minimum atomic E-state index is -3.37. The van der Waals surface area contributed by atoms with Crippen LogP contribution < -0.4 is 10.6 Å². The molecule has 1 aliphatic carbocycles. The molecule has 0 spiro atoms. The summed E-state index contributed by atoms with van der Waals surface area (Å²) in [7, 11) is -3.37. The van der Waals surface area contributed by atoms with Crippen LogP contribution in [0.1, 0.15) is 41.5 Å². The number of benzene rings is 1. The molecule has 0 aliphatic heterocycles. The number of carbonyl (C=O) groups excluding carboxylic acids is 1. The zero-order valence-corrected chi connectivity index (χ0v) is 17.6. The maximum absolute atomic E-state index is 14.4. The van der Waals surface area contributed by atoms with Crippen LogP contribution in [0.25, 0.3) is 0 Å². The van der Waals surface area contributed by atoms with Crippen molar-refractivity contribution < 1.29 is 26.4 Å². The minimum absolute atomic E-state index is 0.00245. The van der Waals surface area contributed by atoms with Crippen molar-refractivity contribution in [1.29, 1.82) is 0 Å². The van der Waals surface area contributed by atoms with E-state index in [1.807, 2.05) is 0 Å². The van der Waals surface area contributed by atoms with Gasteiger partial charge >= 0.3 is 0 Å². The third kappa shape index (κ3) is 6.03. The lowest BCUT2D eigenvalue weighted by atomic mass is 10.2. The second-order valence-electron chi connectivity index (χ2n) is 7.43. The molecule has 1 heterocycles. The van der Waals surface area contributed by atoms with Gasteiger partial charge in [0, 0.05) is 36.0 Å². The fourth-order valence-corrected chi connectivity index (χ4v) is 3.20. The molecule has 1 aromatic carbocycles. The van der Waals surface area contributed by atoms with Gasteiger partial charge in [-0.3, -0.25) is 4.79 Å². The van der Waals surface area contributed by atoms with E-state index in [4.69, 9.17) is 0 Å². The molecule has 1 amide bonds. The van der Waals surface area contributed by atoms with Crippen molar-refractivity contribution in [2.45, 2.75) is 38.0 Å². The van der Waals surface area contributed by atoms with E-state index in [9.17, 15) is 26.4 Å². The summed E-state index contributed by atoms with van der Waals surface area (Å²) in [6.07, 6.45) is 3.96. The molecule has 31 heavy (non-hydrogen) atoms. The van der Waals surface area contributed by atoms with Gasteiger partial charge in [-0.2, -0.15) is 0 Å². The summed E-state index contributed by atoms with van der Waals surface area (Å²) in [6, 6.07) is 2.31. The van der Waals surface area contributed by atoms with Crippen molar-refractivity contribution in [2.75, 3.05) is 11.6 Å². The largest absolute Gasteiger partial charge is 0.365 e. The van der Waals surface area contributed by atoms with Gasteiger partial charge in [-0.25, -0.2) is 31.6 Å². The molecule has 0 radical (unpaired) electrons. The topological polar surface area (TPSA) is 101 Å². The fraction of sp³-hybridized carbons (Fsp3) is 0.350. The lowest BCUT2D eigenvalue weighted by molar-refractivity contribution is 0.0946. The zero-order valence-electron chi connectivity index (χ0n) is 16.8. The molecule has 1 saturated carbocycles. The van der Waals surface area contributed by atoms with Gasteiger partial charge in [0.1, 0.15) is 23.0 Å². The molecule has 0 unspecified atom stereocenters. The van der Waals surface area contributed by atoms with Gasteiger partial charge in [0.15, 0.2) is 21.3 Å². The number of halogens is 3. The van der Waals surface area contributed by atoms with Crippen LogP contribution in [-0.2, 0) is 22.1 Å². The van der Waals surface area contributed by atoms with E-state index in [-0.39, 0.29) is 42.2 Å². The molecule has 7 nitrogen and oxygen atoms in total. The predicted molar refractivity (Wildman–Crippen MR) is 109 cm³/mol. The van der Waals surface area contributed by atoms with Crippen molar-refractivity contribution in [3.05, 3.63) is 64.5 Å². The number of rotatable bonds is 8. The van der Waals surface area contributed by atoms with E-state index in [1.165, 1.54) is 6.08 Å². The van der Waals surface area contributed by atoms with Crippen LogP contribution in [0.3, 0.4) is 0 Å². The Balaban J connectivity index is 1.84. The van der Waals surface area contributed by atoms with Crippen LogP contribution in [0.4, 0.5) is 19.0 Å². The molecule has 0 bridgehead atoms. The number of aromatic nitrogens is 2. The summed E-state index contributed by atoms with van der Waals surface area (Å²) in [6.45, 7) is 1.36. The van der Waals surface area contributed by atoms with Crippen molar-refractivity contribution in [3.8, 4) is 0 Å². The van der Waals surface area contributed by atoms with Crippen molar-refractivity contribution in [3.63, 3.8) is 0 Å². The number of hydrogen-bond acceptors (Lipinski definition) is 6. The highest BCUT2D eigenvalue weighted by Crippen LogP contribution is 2.48. The van der Waals surface area contributed by atoms with Crippen LogP contribution in [0.2, 0.25) is 0 Å². The number of amides is 1. The van der Waals surface area contributed by atoms with Crippen LogP contribution >= 0.6 is 0 Å². The number of alkyl halides is 1. The fourth-order valence-electron chi connectivity index (χ4n) is 2.68. The molecule has 0 saturated heterocycles. The molecule has 2 N–H and O–H groups in total. The van der Waals surface area contributed by atoms with Crippen LogP contribution in [0.15, 0.2) is 35.9 Å². The van der Waals surface area contributed by atoms with Gasteiger partial charge in [0.25, 0.3) is 5.91 Å². The van der Waals surface area contributed by atoms with Gasteiger partial charge in [-0.1, -0.05) is 6.08 Å². The highest BCUT2D eigenvalue weighted by Gasteiger charge is 2.48. The standard InChI is InChI=1S/C20H21F3N4O3S/c1-12(5-8-31(2,29)30)26-18(28)15-11-25-19(20(23)6-7-20)27-17(15)24-10-13-9-14(21)3-4-16(13)22/h3-5,8-9,11-12H,6-7,10H2,1-2H3,(H,26,28)(H,24,25,27)/b8-5+/t12-/m0/s1. The van der Waals surface area contributed by atoms with Gasteiger partial charge in [0.05, 0.1) is 0 Å². The molecule has 2 aromatic rings. The Morgan fingerprint density at radius 2 is 2.03 bits per heavy atom. The molecule has 1 aliphatic rings. The number of anilines is 1. The first-order valence-electron chi connectivity index (χ1n) is 9.40. The van der Waals surface area contributed by atoms with Crippen LogP contribution in [-0.4, -0.2) is 36.6 Å². The number of nitrogens with one attached hydrogen (secondary N) is 2. The van der Waals surface area contributed by atoms with Crippen molar-refractivity contribution in [2.24, 2.45) is 0 Å². The maximum atomic E-state index is 14.4. The highest BCUT2D eigenvalue weighted by molar-refractivity contribution is 7.93. The summed E-state index contributed by atoms with van der Waals surface area (Å²) >= 11 is 0. The Morgan fingerprint density at radius 3 is 2.68 bits per heavy atom. The SMILES string of the molecule is C[C@@H](/C=C/S(C)(=O)=O)NC(=O)c1cnc(C2(F)CC2)nc1NCc1cc(F)ccc1F. The van der Waals surface area contributed by atoms with Gasteiger partial charge in [-0.05, 0) is 38.0 Å². The smallest absolute Gasteiger partial charge is 0.257 e. The summed E-state index contributed by atoms with van der Waals surface area (Å²) in [5.74, 6) is -2.08. The van der Waals surface area contributed by atoms with E-state index in [1.54, 1.807) is 6.92 Å². The third-order valence-corrected chi connectivity index (χ3v) is 5.20. The average Bonchev–Trinajstić information content (AvgIpc) is 3.45. The molecule has 166 valence electrons. The lowest BCUT2D eigenvalue weighted by Crippen LogP contribution is -2.32. The van der Waals surface area contributed by atoms with E-state index in [0.717, 1.165) is 36.1 Å². The van der Waals surface area contributed by atoms with E-state index >= 15 is 0 Å². The number of hydrogen-bond donors (Lipinski definition) is 2. The van der Waals surface area contributed by atoms with Gasteiger partial charge in [0.2, 0.25) is 0 Å². The second-order valence-corrected chi connectivity index (χ2v) is 9.36. The van der Waals surface area contributed by atoms with Crippen LogP contribution in [0.5, 0.6) is 0 Å². The van der Waals surface area contributed by atoms with Crippen LogP contribution in [0, 0.1) is 11.6 Å². The summed E-state index contributed by atoms with van der Waals surface area (Å²) in [5, 5.41) is 6.27. The number of nitrogens with zero attached hydrogens (tertiary/aromatic N) is 2. The third-order valence-electron chi connectivity index (χ3n) is 4.55. The van der Waals surface area contributed by atoms with E-state index in [2.05, 4.69) is 20.6 Å². The summed E-state index contributed by atoms with van der Waals surface area (Å²) < 4.78 is 64.2. The van der Waals surface area contributed by atoms with E-state index in [0.29, 0.717) is 0 Å². The monoisotopic (exact) mass is 454 g/mol. The summed E-state index contributed by atoms with van der Waals surface area (Å²) in [5.41, 5.74) is -1.72. The molecule has 3 rings (SSSR count). The minimum Gasteiger partial charge on any atom is -0.365 e. The lowest BCUT2D eigenvalue weighted by Gasteiger charge is -2.15. The summed E-state index contributed by atoms with van der Waals surface area (Å²) in [4.78, 5) is 20.7. The predicted octanol–water partition coefficient (Wildman–Crippen LogP) is 3.00. The zero-order chi connectivity index (χ0) is 22.8. The Hall–Kier alpha value is -2.95. The van der Waals surface area contributed by atoms with E-state index < -0.39 is 39.1 Å². The Bertz CT molecular complexity index is 1130. The molecular formula is C20H21F3N4O3S. The first-order valence-corrected chi connectivity index (χ1v) is 11.4. The maximum Gasteiger partial charge on any atom is 0.257 e. The van der Waals surface area contributed by atoms with Gasteiger partial charge in [-0.15, -0.1) is 0 Å². The Morgan fingerprint density at radius 1 is 1.32 bits per heavy atom. The Labute approximate surface area is 177 Å². The number of carbonyl (C=O) groups is 1. The number of sulfone groups is 1. The first-order chi connectivity index (χ1) is 14.5. The normalized spacial score (nSPS) is 16.2. The second kappa shape index (κ2) is 8.66. The molecular weight excluding hydrogens is 433 g/mol. The van der Waals surface area contributed by atoms with Crippen molar-refractivity contribution in [1.82, 2.24) is 15.3 Å².